The number of hydrogen-bond donors (Lipinski definition) is 3. The standard InChI is InChI=1S/C19H24N4O5S/c1-13-7-8-14(2)18(11-13)29(27,28)21-10-9-20-19(24)22-15(3)16-5-4-6-17(12-16)23(25)26/h4-8,11-12,15,21H,9-10H2,1-3H3,(H2,20,22,24). The number of benzene rings is 2. The van der Waals surface area contributed by atoms with Crippen LogP contribution in [0.3, 0.4) is 0 Å². The Bertz CT molecular complexity index is 1010. The van der Waals surface area contributed by atoms with Crippen LogP contribution in [-0.2, 0) is 10.0 Å². The van der Waals surface area contributed by atoms with E-state index in [1.165, 1.54) is 12.1 Å². The number of urea groups is 1. The van der Waals surface area contributed by atoms with E-state index in [1.54, 1.807) is 38.1 Å². The van der Waals surface area contributed by atoms with Gasteiger partial charge in [-0.2, -0.15) is 0 Å². The Kier molecular flexibility index (Phi) is 7.29. The number of carbonyl (C=O) groups is 1. The summed E-state index contributed by atoms with van der Waals surface area (Å²) in [5.41, 5.74) is 2.01. The lowest BCUT2D eigenvalue weighted by molar-refractivity contribution is -0.384. The lowest BCUT2D eigenvalue weighted by Crippen LogP contribution is -2.41. The topological polar surface area (TPSA) is 130 Å². The van der Waals surface area contributed by atoms with E-state index in [1.807, 2.05) is 13.0 Å². The quantitative estimate of drug-likeness (QED) is 0.343. The van der Waals surface area contributed by atoms with Gasteiger partial charge in [0.15, 0.2) is 0 Å². The van der Waals surface area contributed by atoms with Gasteiger partial charge < -0.3 is 10.6 Å². The first-order valence-electron chi connectivity index (χ1n) is 8.96. The molecule has 156 valence electrons. The Labute approximate surface area is 169 Å². The van der Waals surface area contributed by atoms with Crippen LogP contribution >= 0.6 is 0 Å². The molecule has 0 fully saturated rings. The zero-order valence-electron chi connectivity index (χ0n) is 16.4. The molecule has 1 unspecified atom stereocenters. The number of rotatable bonds is 8. The molecule has 0 saturated heterocycles. The summed E-state index contributed by atoms with van der Waals surface area (Å²) in [7, 11) is -3.68. The van der Waals surface area contributed by atoms with Crippen LogP contribution in [0.1, 0.15) is 29.7 Å². The highest BCUT2D eigenvalue weighted by Gasteiger charge is 2.17. The highest BCUT2D eigenvalue weighted by Crippen LogP contribution is 2.19. The third-order valence-corrected chi connectivity index (χ3v) is 5.87. The van der Waals surface area contributed by atoms with E-state index >= 15 is 0 Å². The molecule has 1 atom stereocenters. The molecule has 0 bridgehead atoms. The van der Waals surface area contributed by atoms with E-state index < -0.39 is 27.0 Å². The van der Waals surface area contributed by atoms with E-state index in [-0.39, 0.29) is 23.7 Å². The van der Waals surface area contributed by atoms with Crippen molar-refractivity contribution in [1.82, 2.24) is 15.4 Å². The van der Waals surface area contributed by atoms with Gasteiger partial charge in [0.2, 0.25) is 10.0 Å². The molecule has 0 saturated carbocycles. The van der Waals surface area contributed by atoms with Crippen molar-refractivity contribution in [1.29, 1.82) is 0 Å². The molecule has 0 aliphatic carbocycles. The second kappa shape index (κ2) is 9.48. The van der Waals surface area contributed by atoms with E-state index in [0.717, 1.165) is 5.56 Å². The fraction of sp³-hybridized carbons (Fsp3) is 0.316. The summed E-state index contributed by atoms with van der Waals surface area (Å²) in [6.07, 6.45) is 0. The van der Waals surface area contributed by atoms with Crippen LogP contribution in [0.15, 0.2) is 47.4 Å². The number of nitrogens with zero attached hydrogens (tertiary/aromatic N) is 1. The number of nitrogens with one attached hydrogen (secondary N) is 3. The molecule has 0 radical (unpaired) electrons. The summed E-state index contributed by atoms with van der Waals surface area (Å²) >= 11 is 0. The van der Waals surface area contributed by atoms with Crippen molar-refractivity contribution < 1.29 is 18.1 Å². The summed E-state index contributed by atoms with van der Waals surface area (Å²) in [6, 6.07) is 10.2. The SMILES string of the molecule is Cc1ccc(C)c(S(=O)(=O)NCCNC(=O)NC(C)c2cccc([N+](=O)[O-])c2)c1. The van der Waals surface area contributed by atoms with Crippen molar-refractivity contribution in [3.05, 3.63) is 69.3 Å². The van der Waals surface area contributed by atoms with Crippen LogP contribution in [0.5, 0.6) is 0 Å². The molecule has 2 rings (SSSR count). The van der Waals surface area contributed by atoms with Crippen LogP contribution < -0.4 is 15.4 Å². The lowest BCUT2D eigenvalue weighted by atomic mass is 10.1. The molecule has 9 nitrogen and oxygen atoms in total. The highest BCUT2D eigenvalue weighted by atomic mass is 32.2. The number of hydrogen-bond acceptors (Lipinski definition) is 5. The van der Waals surface area contributed by atoms with Crippen molar-refractivity contribution in [3.8, 4) is 0 Å². The number of nitro groups is 1. The fourth-order valence-corrected chi connectivity index (χ4v) is 4.03. The maximum absolute atomic E-state index is 12.4. The molecule has 29 heavy (non-hydrogen) atoms. The molecule has 0 aromatic heterocycles. The maximum atomic E-state index is 12.4. The molecule has 0 aliphatic heterocycles. The predicted molar refractivity (Wildman–Crippen MR) is 109 cm³/mol. The van der Waals surface area contributed by atoms with E-state index in [0.29, 0.717) is 11.1 Å². The van der Waals surface area contributed by atoms with E-state index in [4.69, 9.17) is 0 Å². The predicted octanol–water partition coefficient (Wildman–Crippen LogP) is 2.55. The van der Waals surface area contributed by atoms with Crippen molar-refractivity contribution in [2.45, 2.75) is 31.7 Å². The third kappa shape index (κ3) is 6.26. The number of non-ortho nitro benzene ring substituents is 1. The number of carbonyl (C=O) groups excluding carboxylic acids is 1. The Hall–Kier alpha value is -2.98. The summed E-state index contributed by atoms with van der Waals surface area (Å²) in [6.45, 7) is 5.33. The first-order chi connectivity index (χ1) is 13.6. The number of nitro benzene ring substituents is 1. The van der Waals surface area contributed by atoms with Crippen LogP contribution in [0.25, 0.3) is 0 Å². The Morgan fingerprint density at radius 2 is 1.86 bits per heavy atom. The molecule has 0 heterocycles. The van der Waals surface area contributed by atoms with Crippen molar-refractivity contribution >= 4 is 21.7 Å². The minimum absolute atomic E-state index is 0.0221. The normalized spacial score (nSPS) is 12.2. The molecule has 3 N–H and O–H groups in total. The van der Waals surface area contributed by atoms with Gasteiger partial charge in [-0.3, -0.25) is 10.1 Å². The molecule has 2 amide bonds. The number of amides is 2. The van der Waals surface area contributed by atoms with Crippen LogP contribution in [0.4, 0.5) is 10.5 Å². The molecule has 0 spiro atoms. The van der Waals surface area contributed by atoms with Gasteiger partial charge in [-0.25, -0.2) is 17.9 Å². The summed E-state index contributed by atoms with van der Waals surface area (Å²) in [4.78, 5) is 22.6. The van der Waals surface area contributed by atoms with Crippen molar-refractivity contribution in [2.24, 2.45) is 0 Å². The van der Waals surface area contributed by atoms with Crippen LogP contribution in [0, 0.1) is 24.0 Å². The third-order valence-electron chi connectivity index (χ3n) is 4.26. The molecular formula is C19H24N4O5S. The largest absolute Gasteiger partial charge is 0.337 e. The Morgan fingerprint density at radius 3 is 2.55 bits per heavy atom. The Balaban J connectivity index is 1.84. The second-order valence-corrected chi connectivity index (χ2v) is 8.38. The maximum Gasteiger partial charge on any atom is 0.315 e. The van der Waals surface area contributed by atoms with E-state index in [2.05, 4.69) is 15.4 Å². The minimum Gasteiger partial charge on any atom is -0.337 e. The first-order valence-corrected chi connectivity index (χ1v) is 10.4. The van der Waals surface area contributed by atoms with Crippen molar-refractivity contribution in [3.63, 3.8) is 0 Å². The summed E-state index contributed by atoms with van der Waals surface area (Å²) in [5.74, 6) is 0. The van der Waals surface area contributed by atoms with E-state index in [9.17, 15) is 23.3 Å². The summed E-state index contributed by atoms with van der Waals surface area (Å²) in [5, 5.41) is 16.1. The van der Waals surface area contributed by atoms with Crippen molar-refractivity contribution in [2.75, 3.05) is 13.1 Å². The summed E-state index contributed by atoms with van der Waals surface area (Å²) < 4.78 is 27.3. The van der Waals surface area contributed by atoms with Gasteiger partial charge >= 0.3 is 6.03 Å². The van der Waals surface area contributed by atoms with Gasteiger partial charge in [0.1, 0.15) is 0 Å². The average molecular weight is 420 g/mol. The Morgan fingerprint density at radius 1 is 1.14 bits per heavy atom. The zero-order valence-corrected chi connectivity index (χ0v) is 17.2. The highest BCUT2D eigenvalue weighted by molar-refractivity contribution is 7.89. The smallest absolute Gasteiger partial charge is 0.315 e. The average Bonchev–Trinajstić information content (AvgIpc) is 2.67. The minimum atomic E-state index is -3.68. The van der Waals surface area contributed by atoms with Gasteiger partial charge in [0.05, 0.1) is 15.9 Å². The lowest BCUT2D eigenvalue weighted by Gasteiger charge is -2.15. The fourth-order valence-electron chi connectivity index (χ4n) is 2.67. The molecule has 2 aromatic rings. The van der Waals surface area contributed by atoms with Gasteiger partial charge in [-0.05, 0) is 43.5 Å². The van der Waals surface area contributed by atoms with Gasteiger partial charge in [0.25, 0.3) is 5.69 Å². The molecule has 2 aromatic carbocycles. The molecule has 10 heteroatoms. The van der Waals surface area contributed by atoms with Crippen LogP contribution in [0.2, 0.25) is 0 Å². The van der Waals surface area contributed by atoms with Crippen LogP contribution in [-0.4, -0.2) is 32.5 Å². The molecular weight excluding hydrogens is 396 g/mol. The van der Waals surface area contributed by atoms with Gasteiger partial charge in [0, 0.05) is 25.2 Å². The first kappa shape index (κ1) is 22.3. The molecule has 0 aliphatic rings. The monoisotopic (exact) mass is 420 g/mol. The second-order valence-electron chi connectivity index (χ2n) is 6.64. The number of aryl methyl sites for hydroxylation is 2. The van der Waals surface area contributed by atoms with Gasteiger partial charge in [-0.1, -0.05) is 24.3 Å². The number of sulfonamides is 1. The zero-order chi connectivity index (χ0) is 21.6. The van der Waals surface area contributed by atoms with Gasteiger partial charge in [-0.15, -0.1) is 0 Å².